The van der Waals surface area contributed by atoms with Crippen LogP contribution < -0.4 is 5.32 Å². The number of aromatic nitrogens is 1. The lowest BCUT2D eigenvalue weighted by Crippen LogP contribution is -2.42. The molecular weight excluding hydrogens is 322 g/mol. The monoisotopic (exact) mass is 345 g/mol. The molecule has 3 rings (SSSR count). The van der Waals surface area contributed by atoms with E-state index in [-0.39, 0.29) is 11.8 Å². The number of pyridine rings is 1. The number of rotatable bonds is 6. The van der Waals surface area contributed by atoms with Crippen LogP contribution in [0.2, 0.25) is 0 Å². The van der Waals surface area contributed by atoms with Crippen LogP contribution in [0.25, 0.3) is 0 Å². The first-order valence-corrected chi connectivity index (χ1v) is 9.21. The smallest absolute Gasteiger partial charge is 0.234 e. The Bertz CT molecular complexity index is 625. The summed E-state index contributed by atoms with van der Waals surface area (Å²) in [6, 6.07) is 9.64. The number of hydrogen-bond acceptors (Lipinski definition) is 5. The fourth-order valence-corrected chi connectivity index (χ4v) is 3.72. The Labute approximate surface area is 146 Å². The van der Waals surface area contributed by atoms with Gasteiger partial charge in [-0.3, -0.25) is 14.7 Å². The van der Waals surface area contributed by atoms with Crippen molar-refractivity contribution in [3.05, 3.63) is 52.5 Å². The minimum atomic E-state index is -0.513. The van der Waals surface area contributed by atoms with Gasteiger partial charge >= 0.3 is 0 Å². The third kappa shape index (κ3) is 4.63. The van der Waals surface area contributed by atoms with E-state index in [0.717, 1.165) is 31.6 Å². The zero-order valence-corrected chi connectivity index (χ0v) is 14.4. The maximum atomic E-state index is 12.0. The Morgan fingerprint density at radius 3 is 2.83 bits per heavy atom. The van der Waals surface area contributed by atoms with Crippen LogP contribution in [0.15, 0.2) is 41.9 Å². The number of nitrogens with one attached hydrogen (secondary N) is 1. The van der Waals surface area contributed by atoms with Crippen molar-refractivity contribution in [3.8, 4) is 0 Å². The number of amides is 1. The molecule has 1 saturated heterocycles. The highest BCUT2D eigenvalue weighted by atomic mass is 32.1. The van der Waals surface area contributed by atoms with Crippen LogP contribution in [0, 0.1) is 5.92 Å². The van der Waals surface area contributed by atoms with Gasteiger partial charge in [0.15, 0.2) is 0 Å². The highest BCUT2D eigenvalue weighted by Crippen LogP contribution is 2.29. The van der Waals surface area contributed by atoms with E-state index in [4.69, 9.17) is 0 Å². The van der Waals surface area contributed by atoms with Gasteiger partial charge in [0, 0.05) is 11.1 Å². The Morgan fingerprint density at radius 1 is 1.33 bits per heavy atom. The number of likely N-dealkylation sites (tertiary alicyclic amines) is 1. The summed E-state index contributed by atoms with van der Waals surface area (Å²) in [5, 5.41) is 15.4. The molecule has 2 N–H and O–H groups in total. The summed E-state index contributed by atoms with van der Waals surface area (Å²) >= 11 is 1.65. The minimum Gasteiger partial charge on any atom is -0.387 e. The summed E-state index contributed by atoms with van der Waals surface area (Å²) in [5.41, 5.74) is 0.740. The van der Waals surface area contributed by atoms with E-state index in [1.54, 1.807) is 17.5 Å². The molecule has 1 atom stereocenters. The molecule has 24 heavy (non-hydrogen) atoms. The van der Waals surface area contributed by atoms with E-state index in [1.807, 2.05) is 35.7 Å². The van der Waals surface area contributed by atoms with E-state index < -0.39 is 6.10 Å². The lowest BCUT2D eigenvalue weighted by atomic mass is 9.89. The van der Waals surface area contributed by atoms with E-state index in [9.17, 15) is 9.90 Å². The predicted molar refractivity (Wildman–Crippen MR) is 94.5 cm³/mol. The fraction of sp³-hybridized carbons (Fsp3) is 0.444. The standard InChI is InChI=1S/C18H23N3O2S/c22-17(20-12-15-4-3-11-24-15)13-21-9-6-14(7-10-21)18(23)16-5-1-2-8-19-16/h1-5,8,11,14,18,23H,6-7,9-10,12-13H2,(H,20,22)/t18-/m0/s1. The SMILES string of the molecule is O=C(CN1CCC([C@H](O)c2ccccn2)CC1)NCc1cccs1. The molecule has 1 aliphatic rings. The molecule has 3 heterocycles. The molecule has 1 amide bonds. The van der Waals surface area contributed by atoms with E-state index >= 15 is 0 Å². The van der Waals surface area contributed by atoms with Gasteiger partial charge in [0.25, 0.3) is 0 Å². The lowest BCUT2D eigenvalue weighted by Gasteiger charge is -2.33. The highest BCUT2D eigenvalue weighted by molar-refractivity contribution is 7.09. The third-order valence-electron chi connectivity index (χ3n) is 4.48. The molecule has 6 heteroatoms. The number of thiophene rings is 1. The average molecular weight is 345 g/mol. The molecule has 0 bridgehead atoms. The van der Waals surface area contributed by atoms with Crippen LogP contribution >= 0.6 is 11.3 Å². The maximum absolute atomic E-state index is 12.0. The normalized spacial score (nSPS) is 17.5. The van der Waals surface area contributed by atoms with Crippen LogP contribution in [0.3, 0.4) is 0 Å². The molecule has 0 saturated carbocycles. The van der Waals surface area contributed by atoms with Crippen molar-refractivity contribution < 1.29 is 9.90 Å². The third-order valence-corrected chi connectivity index (χ3v) is 5.35. The Kier molecular flexibility index (Phi) is 5.96. The van der Waals surface area contributed by atoms with Crippen molar-refractivity contribution in [3.63, 3.8) is 0 Å². The van der Waals surface area contributed by atoms with Gasteiger partial charge in [-0.1, -0.05) is 12.1 Å². The molecule has 5 nitrogen and oxygen atoms in total. The van der Waals surface area contributed by atoms with Crippen molar-refractivity contribution in [2.75, 3.05) is 19.6 Å². The Hall–Kier alpha value is -1.76. The second kappa shape index (κ2) is 8.37. The van der Waals surface area contributed by atoms with Crippen molar-refractivity contribution in [1.82, 2.24) is 15.2 Å². The first kappa shape index (κ1) is 17.1. The van der Waals surface area contributed by atoms with Crippen molar-refractivity contribution in [1.29, 1.82) is 0 Å². The summed E-state index contributed by atoms with van der Waals surface area (Å²) in [4.78, 5) is 19.6. The van der Waals surface area contributed by atoms with Gasteiger partial charge in [0.1, 0.15) is 0 Å². The summed E-state index contributed by atoms with van der Waals surface area (Å²) in [5.74, 6) is 0.275. The molecule has 128 valence electrons. The van der Waals surface area contributed by atoms with Gasteiger partial charge in [-0.2, -0.15) is 0 Å². The summed E-state index contributed by atoms with van der Waals surface area (Å²) in [7, 11) is 0. The number of carbonyl (C=O) groups excluding carboxylic acids is 1. The van der Waals surface area contributed by atoms with E-state index in [0.29, 0.717) is 13.1 Å². The van der Waals surface area contributed by atoms with Gasteiger partial charge in [0.2, 0.25) is 5.91 Å². The molecule has 2 aromatic rings. The van der Waals surface area contributed by atoms with Crippen LogP contribution in [0.4, 0.5) is 0 Å². The van der Waals surface area contributed by atoms with Crippen molar-refractivity contribution in [2.24, 2.45) is 5.92 Å². The fourth-order valence-electron chi connectivity index (χ4n) is 3.08. The van der Waals surface area contributed by atoms with Crippen LogP contribution in [0.5, 0.6) is 0 Å². The van der Waals surface area contributed by atoms with Crippen molar-refractivity contribution in [2.45, 2.75) is 25.5 Å². The molecule has 0 spiro atoms. The molecule has 0 unspecified atom stereocenters. The van der Waals surface area contributed by atoms with Crippen LogP contribution in [0.1, 0.15) is 29.5 Å². The zero-order chi connectivity index (χ0) is 16.8. The summed E-state index contributed by atoms with van der Waals surface area (Å²) in [6.45, 7) is 2.70. The Morgan fingerprint density at radius 2 is 2.17 bits per heavy atom. The van der Waals surface area contributed by atoms with Gasteiger partial charge in [-0.05, 0) is 55.4 Å². The van der Waals surface area contributed by atoms with Crippen LogP contribution in [-0.4, -0.2) is 40.5 Å². The predicted octanol–water partition coefficient (Wildman–Crippen LogP) is 2.20. The summed E-state index contributed by atoms with van der Waals surface area (Å²) < 4.78 is 0. The molecule has 0 aromatic carbocycles. The highest BCUT2D eigenvalue weighted by Gasteiger charge is 2.27. The molecule has 2 aromatic heterocycles. The van der Waals surface area contributed by atoms with E-state index in [1.165, 1.54) is 4.88 Å². The number of piperidine rings is 1. The molecule has 0 aliphatic carbocycles. The molecular formula is C18H23N3O2S. The van der Waals surface area contributed by atoms with Crippen molar-refractivity contribution >= 4 is 17.2 Å². The second-order valence-corrected chi connectivity index (χ2v) is 7.20. The number of carbonyl (C=O) groups is 1. The topological polar surface area (TPSA) is 65.5 Å². The number of nitrogens with zero attached hydrogens (tertiary/aromatic N) is 2. The zero-order valence-electron chi connectivity index (χ0n) is 13.6. The van der Waals surface area contributed by atoms with Crippen LogP contribution in [-0.2, 0) is 11.3 Å². The molecule has 1 aliphatic heterocycles. The van der Waals surface area contributed by atoms with Gasteiger partial charge in [-0.15, -0.1) is 11.3 Å². The molecule has 1 fully saturated rings. The Balaban J connectivity index is 1.41. The summed E-state index contributed by atoms with van der Waals surface area (Å²) in [6.07, 6.45) is 2.97. The minimum absolute atomic E-state index is 0.0622. The van der Waals surface area contributed by atoms with Gasteiger partial charge in [0.05, 0.1) is 24.9 Å². The van der Waals surface area contributed by atoms with E-state index in [2.05, 4.69) is 15.2 Å². The number of hydrogen-bond donors (Lipinski definition) is 2. The maximum Gasteiger partial charge on any atom is 0.234 e. The largest absolute Gasteiger partial charge is 0.387 e. The first-order chi connectivity index (χ1) is 11.7. The average Bonchev–Trinajstić information content (AvgIpc) is 3.14. The van der Waals surface area contributed by atoms with Gasteiger partial charge < -0.3 is 10.4 Å². The first-order valence-electron chi connectivity index (χ1n) is 8.33. The van der Waals surface area contributed by atoms with Gasteiger partial charge in [-0.25, -0.2) is 0 Å². The second-order valence-electron chi connectivity index (χ2n) is 6.17. The molecule has 0 radical (unpaired) electrons. The number of aliphatic hydroxyl groups excluding tert-OH is 1. The number of aliphatic hydroxyl groups is 1. The lowest BCUT2D eigenvalue weighted by molar-refractivity contribution is -0.122. The quantitative estimate of drug-likeness (QED) is 0.842.